The molecule has 0 unspecified atom stereocenters. The van der Waals surface area contributed by atoms with Gasteiger partial charge in [0.25, 0.3) is 0 Å². The molecule has 0 spiro atoms. The van der Waals surface area contributed by atoms with Gasteiger partial charge in [0, 0.05) is 5.25 Å². The number of Topliss-reactive ketones (excluding diaryl/α,β-unsaturated/α-hetero) is 1. The molecule has 0 N–H and O–H groups in total. The Bertz CT molecular complexity index is 356. The van der Waals surface area contributed by atoms with Gasteiger partial charge in [-0.3, -0.25) is 4.79 Å². The van der Waals surface area contributed by atoms with E-state index in [1.165, 1.54) is 43.4 Å². The molecule has 2 rings (SSSR count). The summed E-state index contributed by atoms with van der Waals surface area (Å²) in [5.74, 6) is 0.934. The predicted molar refractivity (Wildman–Crippen MR) is 75.7 cm³/mol. The van der Waals surface area contributed by atoms with Crippen molar-refractivity contribution in [3.05, 3.63) is 20.8 Å². The number of hydrogen-bond donors (Lipinski definition) is 0. The van der Waals surface area contributed by atoms with Gasteiger partial charge in [0.2, 0.25) is 0 Å². The van der Waals surface area contributed by atoms with Gasteiger partial charge in [-0.2, -0.15) is 11.8 Å². The molecule has 0 aromatic carbocycles. The number of halogens is 1. The second-order valence-electron chi connectivity index (χ2n) is 4.10. The molecule has 1 nitrogen and oxygen atoms in total. The summed E-state index contributed by atoms with van der Waals surface area (Å²) < 4.78 is 1.04. The number of carbonyl (C=O) groups is 1. The van der Waals surface area contributed by atoms with Crippen molar-refractivity contribution in [3.8, 4) is 0 Å². The van der Waals surface area contributed by atoms with E-state index in [0.717, 1.165) is 13.9 Å². The van der Waals surface area contributed by atoms with E-state index in [1.807, 2.05) is 23.9 Å². The Kier molecular flexibility index (Phi) is 4.92. The Balaban J connectivity index is 1.79. The first-order valence-corrected chi connectivity index (χ1v) is 8.31. The summed E-state index contributed by atoms with van der Waals surface area (Å²) in [6.45, 7) is 0. The van der Waals surface area contributed by atoms with Crippen LogP contribution in [-0.2, 0) is 0 Å². The van der Waals surface area contributed by atoms with Crippen molar-refractivity contribution in [2.75, 3.05) is 5.75 Å². The van der Waals surface area contributed by atoms with E-state index in [2.05, 4.69) is 15.9 Å². The molecule has 0 bridgehead atoms. The Morgan fingerprint density at radius 3 is 2.75 bits per heavy atom. The molecule has 1 heterocycles. The summed E-state index contributed by atoms with van der Waals surface area (Å²) in [4.78, 5) is 12.8. The first-order valence-electron chi connectivity index (χ1n) is 5.66. The van der Waals surface area contributed by atoms with Crippen molar-refractivity contribution >= 4 is 44.8 Å². The number of thiophene rings is 1. The van der Waals surface area contributed by atoms with Crippen LogP contribution in [0.4, 0.5) is 0 Å². The number of rotatable bonds is 4. The van der Waals surface area contributed by atoms with Crippen LogP contribution in [-0.4, -0.2) is 16.8 Å². The number of ketones is 1. The molecule has 0 aliphatic heterocycles. The standard InChI is InChI=1S/C12H15BrOS2/c13-12-7-6-11(16-12)10(14)8-15-9-4-2-1-3-5-9/h6-7,9H,1-5,8H2. The van der Waals surface area contributed by atoms with Crippen LogP contribution in [0.1, 0.15) is 41.8 Å². The predicted octanol–water partition coefficient (Wildman–Crippen LogP) is 4.76. The molecule has 0 amide bonds. The first kappa shape index (κ1) is 12.7. The lowest BCUT2D eigenvalue weighted by molar-refractivity contribution is 0.102. The van der Waals surface area contributed by atoms with E-state index < -0.39 is 0 Å². The van der Waals surface area contributed by atoms with Crippen LogP contribution < -0.4 is 0 Å². The summed E-state index contributed by atoms with van der Waals surface area (Å²) >= 11 is 6.78. The van der Waals surface area contributed by atoms with Crippen molar-refractivity contribution in [2.45, 2.75) is 37.4 Å². The highest BCUT2D eigenvalue weighted by Gasteiger charge is 2.16. The molecule has 88 valence electrons. The van der Waals surface area contributed by atoms with Crippen LogP contribution in [0.5, 0.6) is 0 Å². The van der Waals surface area contributed by atoms with Crippen LogP contribution >= 0.6 is 39.0 Å². The molecule has 4 heteroatoms. The van der Waals surface area contributed by atoms with Gasteiger partial charge >= 0.3 is 0 Å². The van der Waals surface area contributed by atoms with E-state index in [4.69, 9.17) is 0 Å². The fourth-order valence-electron chi connectivity index (χ4n) is 1.96. The van der Waals surface area contributed by atoms with Crippen molar-refractivity contribution in [2.24, 2.45) is 0 Å². The molecule has 1 saturated carbocycles. The Hall–Kier alpha value is 0.200. The maximum atomic E-state index is 11.9. The highest BCUT2D eigenvalue weighted by atomic mass is 79.9. The minimum atomic E-state index is 0.284. The minimum absolute atomic E-state index is 0.284. The smallest absolute Gasteiger partial charge is 0.182 e. The van der Waals surface area contributed by atoms with E-state index in [9.17, 15) is 4.79 Å². The summed E-state index contributed by atoms with van der Waals surface area (Å²) in [6.07, 6.45) is 6.66. The third-order valence-electron chi connectivity index (χ3n) is 2.85. The van der Waals surface area contributed by atoms with Gasteiger partial charge in [-0.25, -0.2) is 0 Å². The van der Waals surface area contributed by atoms with Crippen LogP contribution in [0.25, 0.3) is 0 Å². The third kappa shape index (κ3) is 3.60. The van der Waals surface area contributed by atoms with E-state index >= 15 is 0 Å². The molecule has 0 atom stereocenters. The van der Waals surface area contributed by atoms with Crippen LogP contribution in [0.15, 0.2) is 15.9 Å². The van der Waals surface area contributed by atoms with Gasteiger partial charge < -0.3 is 0 Å². The Morgan fingerprint density at radius 1 is 1.38 bits per heavy atom. The van der Waals surface area contributed by atoms with E-state index in [1.54, 1.807) is 0 Å². The SMILES string of the molecule is O=C(CSC1CCCCC1)c1ccc(Br)s1. The maximum Gasteiger partial charge on any atom is 0.182 e. The number of carbonyl (C=O) groups excluding carboxylic acids is 1. The lowest BCUT2D eigenvalue weighted by Crippen LogP contribution is -2.11. The van der Waals surface area contributed by atoms with Crippen molar-refractivity contribution in [1.29, 1.82) is 0 Å². The van der Waals surface area contributed by atoms with Gasteiger partial charge in [0.15, 0.2) is 5.78 Å². The molecule has 0 radical (unpaired) electrons. The molecule has 1 aromatic heterocycles. The molecular formula is C12H15BrOS2. The maximum absolute atomic E-state index is 11.9. The zero-order valence-electron chi connectivity index (χ0n) is 9.08. The Morgan fingerprint density at radius 2 is 2.12 bits per heavy atom. The molecule has 1 aromatic rings. The van der Waals surface area contributed by atoms with Gasteiger partial charge in [-0.15, -0.1) is 11.3 Å². The van der Waals surface area contributed by atoms with Gasteiger partial charge in [-0.05, 0) is 40.9 Å². The lowest BCUT2D eigenvalue weighted by Gasteiger charge is -2.20. The van der Waals surface area contributed by atoms with Crippen LogP contribution in [0, 0.1) is 0 Å². The molecular weight excluding hydrogens is 304 g/mol. The molecule has 1 aliphatic carbocycles. The molecule has 1 fully saturated rings. The quantitative estimate of drug-likeness (QED) is 0.744. The van der Waals surface area contributed by atoms with Crippen molar-refractivity contribution < 1.29 is 4.79 Å². The second-order valence-corrected chi connectivity index (χ2v) is 7.85. The average Bonchev–Trinajstić information content (AvgIpc) is 2.74. The van der Waals surface area contributed by atoms with E-state index in [0.29, 0.717) is 5.75 Å². The highest BCUT2D eigenvalue weighted by Crippen LogP contribution is 2.29. The van der Waals surface area contributed by atoms with Gasteiger partial charge in [0.05, 0.1) is 14.4 Å². The lowest BCUT2D eigenvalue weighted by atomic mass is 10.0. The summed E-state index contributed by atoms with van der Waals surface area (Å²) in [7, 11) is 0. The zero-order valence-corrected chi connectivity index (χ0v) is 12.3. The third-order valence-corrected chi connectivity index (χ3v) is 5.89. The van der Waals surface area contributed by atoms with E-state index in [-0.39, 0.29) is 5.78 Å². The fourth-order valence-corrected chi connectivity index (χ4v) is 4.58. The topological polar surface area (TPSA) is 17.1 Å². The summed E-state index contributed by atoms with van der Waals surface area (Å²) in [6, 6.07) is 3.86. The number of hydrogen-bond acceptors (Lipinski definition) is 3. The largest absolute Gasteiger partial charge is 0.292 e. The summed E-state index contributed by atoms with van der Waals surface area (Å²) in [5, 5.41) is 0.723. The normalized spacial score (nSPS) is 17.6. The Labute approximate surface area is 113 Å². The highest BCUT2D eigenvalue weighted by molar-refractivity contribution is 9.11. The molecule has 16 heavy (non-hydrogen) atoms. The minimum Gasteiger partial charge on any atom is -0.292 e. The van der Waals surface area contributed by atoms with Crippen molar-refractivity contribution in [3.63, 3.8) is 0 Å². The van der Waals surface area contributed by atoms with Crippen LogP contribution in [0.2, 0.25) is 0 Å². The molecule has 1 aliphatic rings. The number of thioether (sulfide) groups is 1. The first-order chi connectivity index (χ1) is 7.75. The van der Waals surface area contributed by atoms with Crippen molar-refractivity contribution in [1.82, 2.24) is 0 Å². The van der Waals surface area contributed by atoms with Gasteiger partial charge in [0.1, 0.15) is 0 Å². The summed E-state index contributed by atoms with van der Waals surface area (Å²) in [5.41, 5.74) is 0. The monoisotopic (exact) mass is 318 g/mol. The average molecular weight is 319 g/mol. The zero-order chi connectivity index (χ0) is 11.4. The second kappa shape index (κ2) is 6.22. The van der Waals surface area contributed by atoms with Gasteiger partial charge in [-0.1, -0.05) is 19.3 Å². The molecule has 0 saturated heterocycles. The van der Waals surface area contributed by atoms with Crippen LogP contribution in [0.3, 0.4) is 0 Å². The fraction of sp³-hybridized carbons (Fsp3) is 0.583.